The van der Waals surface area contributed by atoms with Gasteiger partial charge < -0.3 is 5.32 Å². The fourth-order valence-corrected chi connectivity index (χ4v) is 3.67. The first-order valence-corrected chi connectivity index (χ1v) is 8.84. The molecule has 0 spiro atoms. The first kappa shape index (κ1) is 15.4. The van der Waals surface area contributed by atoms with Gasteiger partial charge in [-0.3, -0.25) is 4.98 Å². The Hall–Kier alpha value is -0.980. The normalized spacial score (nSPS) is 26.4. The van der Waals surface area contributed by atoms with Crippen LogP contribution in [-0.2, 0) is 10.0 Å². The van der Waals surface area contributed by atoms with Gasteiger partial charge in [-0.05, 0) is 37.0 Å². The molecule has 0 radical (unpaired) electrons. The Morgan fingerprint density at radius 2 is 2.05 bits per heavy atom. The first-order chi connectivity index (χ1) is 9.38. The average Bonchev–Trinajstić information content (AvgIpc) is 2.41. The lowest BCUT2D eigenvalue weighted by molar-refractivity contribution is 0.210. The zero-order valence-electron chi connectivity index (χ0n) is 12.3. The van der Waals surface area contributed by atoms with E-state index in [0.717, 1.165) is 6.42 Å². The monoisotopic (exact) mass is 297 g/mol. The molecule has 2 rings (SSSR count). The quantitative estimate of drug-likeness (QED) is 0.912. The Labute approximate surface area is 121 Å². The Morgan fingerprint density at radius 1 is 1.40 bits per heavy atom. The van der Waals surface area contributed by atoms with Crippen molar-refractivity contribution in [2.45, 2.75) is 32.4 Å². The molecule has 0 amide bonds. The zero-order valence-corrected chi connectivity index (χ0v) is 13.1. The molecular weight excluding hydrogens is 274 g/mol. The number of sulfonamides is 1. The summed E-state index contributed by atoms with van der Waals surface area (Å²) in [6.07, 6.45) is 5.73. The van der Waals surface area contributed by atoms with Crippen molar-refractivity contribution in [1.29, 1.82) is 0 Å². The van der Waals surface area contributed by atoms with Crippen LogP contribution >= 0.6 is 0 Å². The number of rotatable bonds is 4. The van der Waals surface area contributed by atoms with Crippen LogP contribution < -0.4 is 5.32 Å². The fourth-order valence-electron chi connectivity index (χ4n) is 2.73. The zero-order chi connectivity index (χ0) is 14.8. The van der Waals surface area contributed by atoms with Crippen LogP contribution in [-0.4, -0.2) is 43.1 Å². The summed E-state index contributed by atoms with van der Waals surface area (Å²) in [5.74, 6) is 0.308. The van der Waals surface area contributed by atoms with Crippen molar-refractivity contribution >= 4 is 10.0 Å². The summed E-state index contributed by atoms with van der Waals surface area (Å²) in [7, 11) is -3.07. The van der Waals surface area contributed by atoms with Crippen LogP contribution in [0, 0.1) is 5.92 Å². The second-order valence-corrected chi connectivity index (χ2v) is 7.64. The summed E-state index contributed by atoms with van der Waals surface area (Å²) >= 11 is 0. The molecule has 112 valence electrons. The van der Waals surface area contributed by atoms with Gasteiger partial charge in [0.15, 0.2) is 0 Å². The Morgan fingerprint density at radius 3 is 2.60 bits per heavy atom. The highest BCUT2D eigenvalue weighted by Crippen LogP contribution is 2.22. The maximum atomic E-state index is 11.6. The molecule has 0 bridgehead atoms. The largest absolute Gasteiger partial charge is 0.307 e. The van der Waals surface area contributed by atoms with E-state index in [1.165, 1.54) is 11.8 Å². The van der Waals surface area contributed by atoms with E-state index in [9.17, 15) is 8.42 Å². The maximum Gasteiger partial charge on any atom is 0.211 e. The van der Waals surface area contributed by atoms with E-state index in [1.54, 1.807) is 16.7 Å². The van der Waals surface area contributed by atoms with Crippen LogP contribution in [0.15, 0.2) is 24.5 Å². The number of aromatic nitrogens is 1. The van der Waals surface area contributed by atoms with Crippen molar-refractivity contribution in [3.8, 4) is 0 Å². The highest BCUT2D eigenvalue weighted by Gasteiger charge is 2.30. The Balaban J connectivity index is 1.95. The Bertz CT molecular complexity index is 533. The van der Waals surface area contributed by atoms with Gasteiger partial charge in [0.05, 0.1) is 6.26 Å². The second kappa shape index (κ2) is 6.20. The highest BCUT2D eigenvalue weighted by atomic mass is 32.2. The molecular formula is C14H23N3O2S. The summed E-state index contributed by atoms with van der Waals surface area (Å²) in [5, 5.41) is 3.61. The number of piperidine rings is 1. The van der Waals surface area contributed by atoms with Gasteiger partial charge in [0.2, 0.25) is 10.0 Å². The lowest BCUT2D eigenvalue weighted by Crippen LogP contribution is -2.50. The van der Waals surface area contributed by atoms with Crippen molar-refractivity contribution in [3.05, 3.63) is 30.1 Å². The first-order valence-electron chi connectivity index (χ1n) is 6.99. The molecule has 6 heteroatoms. The lowest BCUT2D eigenvalue weighted by atomic mass is 9.94. The Kier molecular flexibility index (Phi) is 4.78. The van der Waals surface area contributed by atoms with E-state index in [1.807, 2.05) is 12.1 Å². The minimum Gasteiger partial charge on any atom is -0.307 e. The van der Waals surface area contributed by atoms with Crippen molar-refractivity contribution in [2.75, 3.05) is 19.3 Å². The molecule has 1 N–H and O–H groups in total. The molecule has 1 aromatic rings. The molecule has 0 aromatic carbocycles. The van der Waals surface area contributed by atoms with Gasteiger partial charge in [0.25, 0.3) is 0 Å². The number of hydrogen-bond donors (Lipinski definition) is 1. The van der Waals surface area contributed by atoms with Crippen LogP contribution in [0.3, 0.4) is 0 Å². The van der Waals surface area contributed by atoms with Crippen molar-refractivity contribution < 1.29 is 8.42 Å². The van der Waals surface area contributed by atoms with Gasteiger partial charge in [-0.1, -0.05) is 6.92 Å². The van der Waals surface area contributed by atoms with Crippen LogP contribution in [0.25, 0.3) is 0 Å². The molecule has 1 aliphatic heterocycles. The number of hydrogen-bond acceptors (Lipinski definition) is 4. The van der Waals surface area contributed by atoms with Crippen LogP contribution in [0.5, 0.6) is 0 Å². The molecule has 0 saturated carbocycles. The predicted octanol–water partition coefficient (Wildman–Crippen LogP) is 1.40. The molecule has 3 atom stereocenters. The molecule has 1 aromatic heterocycles. The minimum atomic E-state index is -3.07. The topological polar surface area (TPSA) is 62.3 Å². The molecule has 1 aliphatic rings. The van der Waals surface area contributed by atoms with Gasteiger partial charge >= 0.3 is 0 Å². The number of nitrogens with zero attached hydrogens (tertiary/aromatic N) is 2. The van der Waals surface area contributed by atoms with Gasteiger partial charge in [-0.2, -0.15) is 0 Å². The second-order valence-electron chi connectivity index (χ2n) is 5.66. The average molecular weight is 297 g/mol. The molecule has 1 fully saturated rings. The molecule has 20 heavy (non-hydrogen) atoms. The molecule has 2 heterocycles. The predicted molar refractivity (Wildman–Crippen MR) is 79.8 cm³/mol. The summed E-state index contributed by atoms with van der Waals surface area (Å²) in [4.78, 5) is 4.03. The third kappa shape index (κ3) is 3.77. The third-order valence-electron chi connectivity index (χ3n) is 4.01. The van der Waals surface area contributed by atoms with E-state index in [0.29, 0.717) is 25.0 Å². The molecule has 5 nitrogen and oxygen atoms in total. The number of pyridine rings is 1. The van der Waals surface area contributed by atoms with E-state index in [-0.39, 0.29) is 6.04 Å². The van der Waals surface area contributed by atoms with Gasteiger partial charge in [0.1, 0.15) is 0 Å². The number of nitrogens with one attached hydrogen (secondary N) is 1. The molecule has 3 unspecified atom stereocenters. The SMILES string of the molecule is CC(NC1CCN(S(C)(=O)=O)CC1C)c1ccncc1. The van der Waals surface area contributed by atoms with E-state index < -0.39 is 10.0 Å². The summed E-state index contributed by atoms with van der Waals surface area (Å²) in [5.41, 5.74) is 1.21. The highest BCUT2D eigenvalue weighted by molar-refractivity contribution is 7.88. The van der Waals surface area contributed by atoms with E-state index in [4.69, 9.17) is 0 Å². The molecule has 0 aliphatic carbocycles. The van der Waals surface area contributed by atoms with Crippen molar-refractivity contribution in [1.82, 2.24) is 14.6 Å². The molecule has 1 saturated heterocycles. The summed E-state index contributed by atoms with van der Waals surface area (Å²) in [6.45, 7) is 5.43. The third-order valence-corrected chi connectivity index (χ3v) is 5.28. The van der Waals surface area contributed by atoms with Crippen LogP contribution in [0.1, 0.15) is 31.9 Å². The lowest BCUT2D eigenvalue weighted by Gasteiger charge is -2.37. The smallest absolute Gasteiger partial charge is 0.211 e. The van der Waals surface area contributed by atoms with Gasteiger partial charge in [-0.25, -0.2) is 12.7 Å². The van der Waals surface area contributed by atoms with Crippen molar-refractivity contribution in [3.63, 3.8) is 0 Å². The van der Waals surface area contributed by atoms with Crippen LogP contribution in [0.4, 0.5) is 0 Å². The standard InChI is InChI=1S/C14H23N3O2S/c1-11-10-17(20(3,18)19)9-6-14(11)16-12(2)13-4-7-15-8-5-13/h4-5,7-8,11-12,14,16H,6,9-10H2,1-3H3. The summed E-state index contributed by atoms with van der Waals surface area (Å²) in [6, 6.07) is 4.61. The fraction of sp³-hybridized carbons (Fsp3) is 0.643. The van der Waals surface area contributed by atoms with E-state index >= 15 is 0 Å². The van der Waals surface area contributed by atoms with Gasteiger partial charge in [0, 0.05) is 37.6 Å². The van der Waals surface area contributed by atoms with Gasteiger partial charge in [-0.15, -0.1) is 0 Å². The maximum absolute atomic E-state index is 11.6. The van der Waals surface area contributed by atoms with Crippen molar-refractivity contribution in [2.24, 2.45) is 5.92 Å². The minimum absolute atomic E-state index is 0.246. The summed E-state index contributed by atoms with van der Waals surface area (Å²) < 4.78 is 24.7. The van der Waals surface area contributed by atoms with E-state index in [2.05, 4.69) is 24.1 Å². The van der Waals surface area contributed by atoms with Crippen LogP contribution in [0.2, 0.25) is 0 Å².